The Hall–Kier alpha value is -3.55. The maximum Gasteiger partial charge on any atom is 0.246 e. The number of carbonyl (C=O) groups excluding carboxylic acids is 1. The number of aromatic hydroxyl groups is 1. The lowest BCUT2D eigenvalue weighted by Crippen LogP contribution is -2.48. The predicted molar refractivity (Wildman–Crippen MR) is 110 cm³/mol. The number of hydrogen-bond acceptors (Lipinski definition) is 5. The fourth-order valence-corrected chi connectivity index (χ4v) is 3.86. The van der Waals surface area contributed by atoms with E-state index in [1.54, 1.807) is 17.9 Å². The second kappa shape index (κ2) is 7.70. The van der Waals surface area contributed by atoms with Gasteiger partial charge in [0.1, 0.15) is 29.2 Å². The molecule has 154 valence electrons. The molecule has 1 fully saturated rings. The molecule has 3 aromatic rings. The van der Waals surface area contributed by atoms with Crippen molar-refractivity contribution in [3.8, 4) is 16.9 Å². The van der Waals surface area contributed by atoms with Crippen LogP contribution in [0.1, 0.15) is 5.56 Å². The summed E-state index contributed by atoms with van der Waals surface area (Å²) in [7, 11) is 0. The minimum atomic E-state index is -0.714. The Balaban J connectivity index is 1.79. The van der Waals surface area contributed by atoms with Crippen molar-refractivity contribution < 1.29 is 18.7 Å². The first-order chi connectivity index (χ1) is 14.4. The number of carbonyl (C=O) groups is 1. The molecule has 4 rings (SSSR count). The van der Waals surface area contributed by atoms with Gasteiger partial charge in [-0.2, -0.15) is 0 Å². The number of phenols is 1. The molecule has 0 spiro atoms. The van der Waals surface area contributed by atoms with Crippen LogP contribution in [0.5, 0.6) is 5.75 Å². The maximum atomic E-state index is 15.5. The van der Waals surface area contributed by atoms with Gasteiger partial charge in [0.25, 0.3) is 0 Å². The molecule has 1 amide bonds. The topological polar surface area (TPSA) is 69.6 Å². The van der Waals surface area contributed by atoms with Crippen LogP contribution in [0.25, 0.3) is 22.0 Å². The number of nitrogens with zero attached hydrogens (tertiary/aromatic N) is 4. The molecule has 1 saturated heterocycles. The zero-order chi connectivity index (χ0) is 21.4. The molecule has 1 aliphatic rings. The summed E-state index contributed by atoms with van der Waals surface area (Å²) in [5.74, 6) is -1.34. The molecule has 0 atom stereocenters. The quantitative estimate of drug-likeness (QED) is 0.670. The molecule has 2 heterocycles. The Labute approximate surface area is 172 Å². The van der Waals surface area contributed by atoms with Crippen molar-refractivity contribution in [2.24, 2.45) is 0 Å². The van der Waals surface area contributed by atoms with Crippen LogP contribution in [0.15, 0.2) is 43.2 Å². The maximum absolute atomic E-state index is 15.5. The number of phenolic OH excluding ortho intramolecular Hbond substituents is 1. The minimum absolute atomic E-state index is 0.0239. The average Bonchev–Trinajstić information content (AvgIpc) is 2.75. The Morgan fingerprint density at radius 1 is 1.17 bits per heavy atom. The second-order valence-electron chi connectivity index (χ2n) is 7.13. The Morgan fingerprint density at radius 2 is 1.90 bits per heavy atom. The highest BCUT2D eigenvalue weighted by Crippen LogP contribution is 2.39. The zero-order valence-corrected chi connectivity index (χ0v) is 16.4. The number of aromatic nitrogens is 2. The molecule has 30 heavy (non-hydrogen) atoms. The molecular weight excluding hydrogens is 390 g/mol. The molecule has 1 aliphatic heterocycles. The first-order valence-electron chi connectivity index (χ1n) is 9.50. The number of rotatable bonds is 3. The van der Waals surface area contributed by atoms with E-state index < -0.39 is 11.6 Å². The smallest absolute Gasteiger partial charge is 0.246 e. The molecule has 6 nitrogen and oxygen atoms in total. The molecule has 0 radical (unpaired) electrons. The third kappa shape index (κ3) is 3.24. The van der Waals surface area contributed by atoms with Crippen molar-refractivity contribution in [3.05, 3.63) is 60.4 Å². The number of halogens is 2. The monoisotopic (exact) mass is 410 g/mol. The van der Waals surface area contributed by atoms with Crippen molar-refractivity contribution in [3.63, 3.8) is 0 Å². The molecule has 2 aromatic carbocycles. The first kappa shape index (κ1) is 19.8. The van der Waals surface area contributed by atoms with Crippen molar-refractivity contribution in [1.29, 1.82) is 0 Å². The number of aryl methyl sites for hydroxylation is 1. The van der Waals surface area contributed by atoms with Crippen molar-refractivity contribution >= 4 is 22.6 Å². The van der Waals surface area contributed by atoms with Gasteiger partial charge in [0.2, 0.25) is 5.91 Å². The number of hydrogen-bond donors (Lipinski definition) is 1. The highest BCUT2D eigenvalue weighted by molar-refractivity contribution is 5.95. The van der Waals surface area contributed by atoms with E-state index in [9.17, 15) is 14.3 Å². The molecule has 0 unspecified atom stereocenters. The Morgan fingerprint density at radius 3 is 2.57 bits per heavy atom. The van der Waals surface area contributed by atoms with E-state index in [1.807, 2.05) is 4.90 Å². The number of fused-ring (bicyclic) bond motifs is 1. The summed E-state index contributed by atoms with van der Waals surface area (Å²) < 4.78 is 29.9. The van der Waals surface area contributed by atoms with Gasteiger partial charge in [-0.1, -0.05) is 12.6 Å². The van der Waals surface area contributed by atoms with Gasteiger partial charge in [-0.3, -0.25) is 4.79 Å². The van der Waals surface area contributed by atoms with Crippen LogP contribution in [0.4, 0.5) is 14.6 Å². The second-order valence-corrected chi connectivity index (χ2v) is 7.13. The van der Waals surface area contributed by atoms with Gasteiger partial charge in [-0.05, 0) is 36.8 Å². The fourth-order valence-electron chi connectivity index (χ4n) is 3.86. The molecule has 1 aromatic heterocycles. The summed E-state index contributed by atoms with van der Waals surface area (Å²) in [6.07, 6.45) is 2.55. The van der Waals surface area contributed by atoms with E-state index in [2.05, 4.69) is 16.5 Å². The van der Waals surface area contributed by atoms with Gasteiger partial charge in [0.15, 0.2) is 5.82 Å². The summed E-state index contributed by atoms with van der Waals surface area (Å²) in [5.41, 5.74) is 0.292. The third-order valence-electron chi connectivity index (χ3n) is 5.35. The summed E-state index contributed by atoms with van der Waals surface area (Å²) in [6, 6.07) is 5.56. The highest BCUT2D eigenvalue weighted by Gasteiger charge is 2.25. The van der Waals surface area contributed by atoms with E-state index >= 15 is 4.39 Å². The van der Waals surface area contributed by atoms with Crippen molar-refractivity contribution in [2.45, 2.75) is 6.92 Å². The molecule has 8 heteroatoms. The largest absolute Gasteiger partial charge is 0.507 e. The van der Waals surface area contributed by atoms with Crippen LogP contribution in [-0.2, 0) is 4.79 Å². The molecule has 0 bridgehead atoms. The van der Waals surface area contributed by atoms with E-state index in [0.29, 0.717) is 42.9 Å². The minimum Gasteiger partial charge on any atom is -0.507 e. The fraction of sp³-hybridized carbons (Fsp3) is 0.227. The summed E-state index contributed by atoms with van der Waals surface area (Å²) in [5, 5.41) is 10.6. The van der Waals surface area contributed by atoms with Gasteiger partial charge >= 0.3 is 0 Å². The van der Waals surface area contributed by atoms with Crippen LogP contribution >= 0.6 is 0 Å². The lowest BCUT2D eigenvalue weighted by molar-refractivity contribution is -0.126. The standard InChI is InChI=1S/C22H20F2N4O2/c1-3-17(30)27-7-9-28(10-8-27)22-14-11-13(2)18(20(24)21(14)25-12-26-22)19-15(23)5-4-6-16(19)29/h3-6,11-12,29H,1,7-10H2,2H3. The SMILES string of the molecule is C=CC(=O)N1CCN(c2ncnc3c(F)c(-c4c(O)cccc4F)c(C)cc23)CC1. The van der Waals surface area contributed by atoms with Crippen LogP contribution in [-0.4, -0.2) is 52.1 Å². The molecule has 1 N–H and O–H groups in total. The summed E-state index contributed by atoms with van der Waals surface area (Å²) in [6.45, 7) is 7.22. The van der Waals surface area contributed by atoms with E-state index in [1.165, 1.54) is 30.6 Å². The Bertz CT molecular complexity index is 1140. The molecular formula is C22H20F2N4O2. The zero-order valence-electron chi connectivity index (χ0n) is 16.4. The van der Waals surface area contributed by atoms with E-state index in [-0.39, 0.29) is 28.3 Å². The van der Waals surface area contributed by atoms with Gasteiger partial charge in [0.05, 0.1) is 5.56 Å². The van der Waals surface area contributed by atoms with Crippen LogP contribution in [0, 0.1) is 18.6 Å². The van der Waals surface area contributed by atoms with Crippen molar-refractivity contribution in [1.82, 2.24) is 14.9 Å². The van der Waals surface area contributed by atoms with Crippen molar-refractivity contribution in [2.75, 3.05) is 31.1 Å². The molecule has 0 saturated carbocycles. The number of benzene rings is 2. The first-order valence-corrected chi connectivity index (χ1v) is 9.50. The highest BCUT2D eigenvalue weighted by atomic mass is 19.1. The number of amides is 1. The van der Waals surface area contributed by atoms with Gasteiger partial charge in [-0.25, -0.2) is 18.7 Å². The van der Waals surface area contributed by atoms with Gasteiger partial charge in [0, 0.05) is 37.1 Å². The average molecular weight is 410 g/mol. The van der Waals surface area contributed by atoms with E-state index in [4.69, 9.17) is 0 Å². The van der Waals surface area contributed by atoms with E-state index in [0.717, 1.165) is 0 Å². The summed E-state index contributed by atoms with van der Waals surface area (Å²) in [4.78, 5) is 23.9. The lowest BCUT2D eigenvalue weighted by atomic mass is 9.96. The normalized spacial score (nSPS) is 14.2. The van der Waals surface area contributed by atoms with Crippen LogP contribution in [0.2, 0.25) is 0 Å². The third-order valence-corrected chi connectivity index (χ3v) is 5.35. The summed E-state index contributed by atoms with van der Waals surface area (Å²) >= 11 is 0. The van der Waals surface area contributed by atoms with Gasteiger partial charge < -0.3 is 14.9 Å². The Kier molecular flexibility index (Phi) is 5.07. The number of anilines is 1. The molecule has 0 aliphatic carbocycles. The number of piperazine rings is 1. The van der Waals surface area contributed by atoms with Crippen LogP contribution in [0.3, 0.4) is 0 Å². The van der Waals surface area contributed by atoms with Gasteiger partial charge in [-0.15, -0.1) is 0 Å². The lowest BCUT2D eigenvalue weighted by Gasteiger charge is -2.35. The predicted octanol–water partition coefficient (Wildman–Crippen LogP) is 3.42. The van der Waals surface area contributed by atoms with Crippen LogP contribution < -0.4 is 4.90 Å².